The second kappa shape index (κ2) is 4.06. The van der Waals surface area contributed by atoms with Gasteiger partial charge in [-0.15, -0.1) is 0 Å². The van der Waals surface area contributed by atoms with Gasteiger partial charge in [0.15, 0.2) is 0 Å². The predicted molar refractivity (Wildman–Crippen MR) is 58.9 cm³/mol. The van der Waals surface area contributed by atoms with Crippen LogP contribution in [0.3, 0.4) is 0 Å². The summed E-state index contributed by atoms with van der Waals surface area (Å²) in [6.07, 6.45) is 4.46. The Bertz CT molecular complexity index is 525. The zero-order valence-electron chi connectivity index (χ0n) is 8.71. The maximum Gasteiger partial charge on any atom is 0.215 e. The van der Waals surface area contributed by atoms with Crippen molar-refractivity contribution >= 4 is 11.6 Å². The first-order valence-corrected chi connectivity index (χ1v) is 4.71. The summed E-state index contributed by atoms with van der Waals surface area (Å²) in [5.41, 5.74) is 7.22. The first-order valence-electron chi connectivity index (χ1n) is 4.71. The second-order valence-electron chi connectivity index (χ2n) is 3.37. The van der Waals surface area contributed by atoms with Crippen molar-refractivity contribution in [2.24, 2.45) is 0 Å². The molecule has 0 saturated heterocycles. The fraction of sp³-hybridized carbons (Fsp3) is 0.0909. The number of nitrogens with two attached hydrogens (primary N) is 1. The van der Waals surface area contributed by atoms with Crippen LogP contribution >= 0.6 is 0 Å². The Balaban J connectivity index is 2.46. The minimum atomic E-state index is -0.240. The maximum absolute atomic E-state index is 12.0. The van der Waals surface area contributed by atoms with Gasteiger partial charge in [0.1, 0.15) is 17.8 Å². The van der Waals surface area contributed by atoms with E-state index in [1.807, 2.05) is 6.92 Å². The van der Waals surface area contributed by atoms with Crippen LogP contribution in [0.15, 0.2) is 30.9 Å². The van der Waals surface area contributed by atoms with Gasteiger partial charge in [-0.3, -0.25) is 4.79 Å². The number of ketones is 1. The number of nitrogens with zero attached hydrogens (tertiary/aromatic N) is 3. The van der Waals surface area contributed by atoms with Crippen LogP contribution in [0.25, 0.3) is 0 Å². The second-order valence-corrected chi connectivity index (χ2v) is 3.37. The smallest absolute Gasteiger partial charge is 0.215 e. The SMILES string of the molecule is Cc1cnc(N)c(C(=O)c2ccncn2)c1. The average Bonchev–Trinajstić information content (AvgIpc) is 2.32. The summed E-state index contributed by atoms with van der Waals surface area (Å²) < 4.78 is 0. The molecule has 80 valence electrons. The van der Waals surface area contributed by atoms with E-state index in [1.165, 1.54) is 12.5 Å². The lowest BCUT2D eigenvalue weighted by Crippen LogP contribution is -2.09. The van der Waals surface area contributed by atoms with E-state index in [9.17, 15) is 4.79 Å². The van der Waals surface area contributed by atoms with Crippen molar-refractivity contribution in [1.82, 2.24) is 15.0 Å². The number of nitrogen functional groups attached to an aromatic ring is 1. The molecule has 2 N–H and O–H groups in total. The lowest BCUT2D eigenvalue weighted by Gasteiger charge is -2.03. The van der Waals surface area contributed by atoms with E-state index in [2.05, 4.69) is 15.0 Å². The Morgan fingerprint density at radius 1 is 1.38 bits per heavy atom. The zero-order valence-corrected chi connectivity index (χ0v) is 8.71. The quantitative estimate of drug-likeness (QED) is 0.754. The number of anilines is 1. The summed E-state index contributed by atoms with van der Waals surface area (Å²) in [7, 11) is 0. The van der Waals surface area contributed by atoms with Crippen LogP contribution in [0.1, 0.15) is 21.6 Å². The molecule has 0 saturated carbocycles. The molecule has 0 amide bonds. The molecule has 0 spiro atoms. The van der Waals surface area contributed by atoms with Crippen molar-refractivity contribution in [2.45, 2.75) is 6.92 Å². The number of carbonyl (C=O) groups is 1. The van der Waals surface area contributed by atoms with Crippen molar-refractivity contribution < 1.29 is 4.79 Å². The van der Waals surface area contributed by atoms with Crippen molar-refractivity contribution in [1.29, 1.82) is 0 Å². The highest BCUT2D eigenvalue weighted by Crippen LogP contribution is 2.14. The summed E-state index contributed by atoms with van der Waals surface area (Å²) in [6, 6.07) is 3.25. The monoisotopic (exact) mass is 214 g/mol. The largest absolute Gasteiger partial charge is 0.383 e. The van der Waals surface area contributed by atoms with Gasteiger partial charge in [-0.25, -0.2) is 15.0 Å². The Hall–Kier alpha value is -2.30. The highest BCUT2D eigenvalue weighted by molar-refractivity contribution is 6.10. The number of aromatic nitrogens is 3. The topological polar surface area (TPSA) is 81.8 Å². The third kappa shape index (κ3) is 1.88. The first kappa shape index (κ1) is 10.2. The highest BCUT2D eigenvalue weighted by atomic mass is 16.1. The van der Waals surface area contributed by atoms with Crippen molar-refractivity contribution in [3.05, 3.63) is 47.7 Å². The number of aryl methyl sites for hydroxylation is 1. The molecule has 16 heavy (non-hydrogen) atoms. The van der Waals surface area contributed by atoms with Crippen LogP contribution in [0.2, 0.25) is 0 Å². The molecule has 5 nitrogen and oxygen atoms in total. The number of carbonyl (C=O) groups excluding carboxylic acids is 1. The van der Waals surface area contributed by atoms with E-state index in [4.69, 9.17) is 5.73 Å². The Morgan fingerprint density at radius 2 is 2.19 bits per heavy atom. The van der Waals surface area contributed by atoms with Crippen molar-refractivity contribution in [3.8, 4) is 0 Å². The van der Waals surface area contributed by atoms with Crippen LogP contribution < -0.4 is 5.73 Å². The molecule has 0 atom stereocenters. The van der Waals surface area contributed by atoms with Gasteiger partial charge < -0.3 is 5.73 Å². The molecule has 0 aliphatic heterocycles. The fourth-order valence-corrected chi connectivity index (χ4v) is 1.32. The number of rotatable bonds is 2. The van der Waals surface area contributed by atoms with Crippen molar-refractivity contribution in [3.63, 3.8) is 0 Å². The molecule has 0 aromatic carbocycles. The molecule has 2 heterocycles. The highest BCUT2D eigenvalue weighted by Gasteiger charge is 2.14. The molecule has 2 aromatic rings. The van der Waals surface area contributed by atoms with Crippen LogP contribution in [-0.4, -0.2) is 20.7 Å². The predicted octanol–water partition coefficient (Wildman–Crippen LogP) is 0.993. The zero-order chi connectivity index (χ0) is 11.5. The molecule has 0 aliphatic rings. The van der Waals surface area contributed by atoms with Gasteiger partial charge in [0, 0.05) is 12.4 Å². The molecule has 0 aliphatic carbocycles. The van der Waals surface area contributed by atoms with Gasteiger partial charge in [0.25, 0.3) is 0 Å². The normalized spacial score (nSPS) is 10.1. The molecular formula is C11H10N4O. The van der Waals surface area contributed by atoms with Gasteiger partial charge in [-0.05, 0) is 24.6 Å². The first-order chi connectivity index (χ1) is 7.68. The molecular weight excluding hydrogens is 204 g/mol. The van der Waals surface area contributed by atoms with Gasteiger partial charge >= 0.3 is 0 Å². The van der Waals surface area contributed by atoms with Crippen LogP contribution in [0, 0.1) is 6.92 Å². The van der Waals surface area contributed by atoms with Gasteiger partial charge in [-0.1, -0.05) is 0 Å². The van der Waals surface area contributed by atoms with Crippen LogP contribution in [0.5, 0.6) is 0 Å². The molecule has 0 fully saturated rings. The Kier molecular flexibility index (Phi) is 2.59. The fourth-order valence-electron chi connectivity index (χ4n) is 1.32. The minimum absolute atomic E-state index is 0.217. The maximum atomic E-state index is 12.0. The lowest BCUT2D eigenvalue weighted by molar-refractivity contribution is 0.103. The molecule has 5 heteroatoms. The van der Waals surface area contributed by atoms with Crippen LogP contribution in [-0.2, 0) is 0 Å². The third-order valence-corrected chi connectivity index (χ3v) is 2.11. The van der Waals surface area contributed by atoms with E-state index >= 15 is 0 Å². The van der Waals surface area contributed by atoms with E-state index in [0.717, 1.165) is 5.56 Å². The standard InChI is InChI=1S/C11H10N4O/c1-7-4-8(11(12)14-5-7)10(16)9-2-3-13-6-15-9/h2-6H,1H3,(H2,12,14). The van der Waals surface area contributed by atoms with Crippen molar-refractivity contribution in [2.75, 3.05) is 5.73 Å². The number of pyridine rings is 1. The average molecular weight is 214 g/mol. The molecule has 2 aromatic heterocycles. The number of hydrogen-bond donors (Lipinski definition) is 1. The van der Waals surface area contributed by atoms with Crippen LogP contribution in [0.4, 0.5) is 5.82 Å². The molecule has 0 unspecified atom stereocenters. The van der Waals surface area contributed by atoms with E-state index in [1.54, 1.807) is 18.3 Å². The third-order valence-electron chi connectivity index (χ3n) is 2.11. The van der Waals surface area contributed by atoms with E-state index < -0.39 is 0 Å². The van der Waals surface area contributed by atoms with Gasteiger partial charge in [0.2, 0.25) is 5.78 Å². The molecule has 0 bridgehead atoms. The molecule has 0 radical (unpaired) electrons. The van der Waals surface area contributed by atoms with Gasteiger partial charge in [-0.2, -0.15) is 0 Å². The van der Waals surface area contributed by atoms with Gasteiger partial charge in [0.05, 0.1) is 5.56 Å². The Labute approximate surface area is 92.4 Å². The minimum Gasteiger partial charge on any atom is -0.383 e. The number of hydrogen-bond acceptors (Lipinski definition) is 5. The Morgan fingerprint density at radius 3 is 2.88 bits per heavy atom. The van der Waals surface area contributed by atoms with E-state index in [-0.39, 0.29) is 11.6 Å². The summed E-state index contributed by atoms with van der Waals surface area (Å²) in [5.74, 6) is -0.0229. The summed E-state index contributed by atoms with van der Waals surface area (Å²) in [5, 5.41) is 0. The molecule has 2 rings (SSSR count). The van der Waals surface area contributed by atoms with E-state index in [0.29, 0.717) is 11.3 Å². The summed E-state index contributed by atoms with van der Waals surface area (Å²) >= 11 is 0. The summed E-state index contributed by atoms with van der Waals surface area (Å²) in [6.45, 7) is 1.85. The summed E-state index contributed by atoms with van der Waals surface area (Å²) in [4.78, 5) is 23.6. The lowest BCUT2D eigenvalue weighted by atomic mass is 10.1.